The molecular weight excluding hydrogens is 505 g/mol. The van der Waals surface area contributed by atoms with Gasteiger partial charge in [0.05, 0.1) is 6.54 Å². The van der Waals surface area contributed by atoms with E-state index in [0.717, 1.165) is 29.1 Å². The molecule has 1 fully saturated rings. The molecule has 2 heterocycles. The summed E-state index contributed by atoms with van der Waals surface area (Å²) in [6, 6.07) is 8.63. The summed E-state index contributed by atoms with van der Waals surface area (Å²) in [7, 11) is 4.01. The van der Waals surface area contributed by atoms with Crippen LogP contribution >= 0.6 is 46.9 Å². The summed E-state index contributed by atoms with van der Waals surface area (Å²) >= 11 is 7.95. The Morgan fingerprint density at radius 3 is 2.89 bits per heavy atom. The van der Waals surface area contributed by atoms with Gasteiger partial charge in [-0.05, 0) is 57.0 Å². The summed E-state index contributed by atoms with van der Waals surface area (Å²) in [6.07, 6.45) is 4.31. The molecule has 2 aromatic rings. The lowest BCUT2D eigenvalue weighted by molar-refractivity contribution is 0.122. The standard InChI is InChI=1S/C20H28ClN5S.HI/c1-14-11-23-18(27-14)13-25-20(22-2)24-12-16-7-5-9-26(3)19(16)15-6-4-8-17(21)10-15;/h4,6,8,10-11,16,19H,5,7,9,12-13H2,1-3H3,(H2,22,24,25);1H. The second kappa shape index (κ2) is 11.3. The highest BCUT2D eigenvalue weighted by atomic mass is 127. The van der Waals surface area contributed by atoms with Crippen molar-refractivity contribution in [3.63, 3.8) is 0 Å². The third-order valence-corrected chi connectivity index (χ3v) is 6.18. The SMILES string of the molecule is CN=C(NCc1ncc(C)s1)NCC1CCCN(C)C1c1cccc(Cl)c1.I. The molecule has 0 spiro atoms. The Balaban J connectivity index is 0.00000280. The zero-order valence-corrected chi connectivity index (χ0v) is 20.5. The van der Waals surface area contributed by atoms with Gasteiger partial charge in [-0.15, -0.1) is 35.3 Å². The number of hydrogen-bond donors (Lipinski definition) is 2. The summed E-state index contributed by atoms with van der Waals surface area (Å²) in [5, 5.41) is 8.75. The van der Waals surface area contributed by atoms with Crippen LogP contribution in [-0.4, -0.2) is 43.0 Å². The van der Waals surface area contributed by atoms with Crippen LogP contribution in [0.2, 0.25) is 5.02 Å². The van der Waals surface area contributed by atoms with Crippen LogP contribution < -0.4 is 10.6 Å². The molecule has 2 N–H and O–H groups in total. The van der Waals surface area contributed by atoms with Gasteiger partial charge in [0.2, 0.25) is 0 Å². The zero-order chi connectivity index (χ0) is 19.2. The lowest BCUT2D eigenvalue weighted by atomic mass is 9.85. The first kappa shape index (κ1) is 23.4. The number of nitrogens with zero attached hydrogens (tertiary/aromatic N) is 3. The highest BCUT2D eigenvalue weighted by Gasteiger charge is 2.30. The molecule has 0 aliphatic carbocycles. The molecule has 1 aromatic heterocycles. The minimum Gasteiger partial charge on any atom is -0.356 e. The van der Waals surface area contributed by atoms with Gasteiger partial charge in [0.1, 0.15) is 5.01 Å². The van der Waals surface area contributed by atoms with Crippen LogP contribution in [0, 0.1) is 12.8 Å². The second-order valence-electron chi connectivity index (χ2n) is 7.05. The third-order valence-electron chi connectivity index (χ3n) is 5.03. The first-order valence-electron chi connectivity index (χ1n) is 9.38. The topological polar surface area (TPSA) is 52.6 Å². The number of aliphatic imine (C=N–C) groups is 1. The van der Waals surface area contributed by atoms with Gasteiger partial charge in [0.15, 0.2) is 5.96 Å². The predicted octanol–water partition coefficient (Wildman–Crippen LogP) is 4.47. The molecule has 1 aromatic carbocycles. The van der Waals surface area contributed by atoms with E-state index in [9.17, 15) is 0 Å². The molecule has 28 heavy (non-hydrogen) atoms. The summed E-state index contributed by atoms with van der Waals surface area (Å²) in [5.74, 6) is 1.32. The number of thiazole rings is 1. The number of nitrogens with one attached hydrogen (secondary N) is 2. The highest BCUT2D eigenvalue weighted by Crippen LogP contribution is 2.35. The van der Waals surface area contributed by atoms with Gasteiger partial charge in [-0.25, -0.2) is 4.98 Å². The molecule has 154 valence electrons. The molecule has 1 saturated heterocycles. The molecular formula is C20H29ClIN5S. The maximum atomic E-state index is 6.24. The van der Waals surface area contributed by atoms with Gasteiger partial charge < -0.3 is 10.6 Å². The van der Waals surface area contributed by atoms with Gasteiger partial charge >= 0.3 is 0 Å². The molecule has 0 bridgehead atoms. The van der Waals surface area contributed by atoms with Gasteiger partial charge in [-0.1, -0.05) is 23.7 Å². The van der Waals surface area contributed by atoms with Crippen molar-refractivity contribution >= 4 is 52.9 Å². The van der Waals surface area contributed by atoms with Crippen LogP contribution in [-0.2, 0) is 6.54 Å². The second-order valence-corrected chi connectivity index (χ2v) is 8.81. The maximum absolute atomic E-state index is 6.24. The first-order chi connectivity index (χ1) is 13.1. The van der Waals surface area contributed by atoms with Crippen molar-refractivity contribution in [2.24, 2.45) is 10.9 Å². The van der Waals surface area contributed by atoms with E-state index < -0.39 is 0 Å². The quantitative estimate of drug-likeness (QED) is 0.338. The number of halogens is 2. The Bertz CT molecular complexity index is 781. The van der Waals surface area contributed by atoms with E-state index >= 15 is 0 Å². The number of aryl methyl sites for hydroxylation is 1. The van der Waals surface area contributed by atoms with Crippen LogP contribution in [0.5, 0.6) is 0 Å². The van der Waals surface area contributed by atoms with Crippen LogP contribution in [0.25, 0.3) is 0 Å². The van der Waals surface area contributed by atoms with Crippen LogP contribution in [0.4, 0.5) is 0 Å². The number of piperidine rings is 1. The van der Waals surface area contributed by atoms with Gasteiger partial charge in [-0.2, -0.15) is 0 Å². The molecule has 3 rings (SSSR count). The minimum absolute atomic E-state index is 0. The molecule has 1 aliphatic rings. The molecule has 0 saturated carbocycles. The number of guanidine groups is 1. The summed E-state index contributed by atoms with van der Waals surface area (Å²) in [4.78, 5) is 12.4. The Hall–Kier alpha value is -0.900. The average molecular weight is 534 g/mol. The normalized spacial score (nSPS) is 20.5. The molecule has 2 atom stereocenters. The molecule has 5 nitrogen and oxygen atoms in total. The average Bonchev–Trinajstić information content (AvgIpc) is 3.07. The zero-order valence-electron chi connectivity index (χ0n) is 16.6. The maximum Gasteiger partial charge on any atom is 0.191 e. The van der Waals surface area contributed by atoms with Gasteiger partial charge in [-0.3, -0.25) is 9.89 Å². The minimum atomic E-state index is 0. The van der Waals surface area contributed by atoms with E-state index in [1.165, 1.54) is 23.3 Å². The van der Waals surface area contributed by atoms with Crippen molar-refractivity contribution in [2.45, 2.75) is 32.4 Å². The Kier molecular flexibility index (Phi) is 9.46. The smallest absolute Gasteiger partial charge is 0.191 e. The van der Waals surface area contributed by atoms with Crippen molar-refractivity contribution in [1.29, 1.82) is 0 Å². The largest absolute Gasteiger partial charge is 0.356 e. The number of aromatic nitrogens is 1. The highest BCUT2D eigenvalue weighted by molar-refractivity contribution is 14.0. The fourth-order valence-electron chi connectivity index (χ4n) is 3.78. The van der Waals surface area contributed by atoms with Crippen LogP contribution in [0.1, 0.15) is 34.3 Å². The van der Waals surface area contributed by atoms with Crippen molar-refractivity contribution in [2.75, 3.05) is 27.2 Å². The van der Waals surface area contributed by atoms with Gasteiger partial charge in [0.25, 0.3) is 0 Å². The number of benzene rings is 1. The number of hydrogen-bond acceptors (Lipinski definition) is 4. The summed E-state index contributed by atoms with van der Waals surface area (Å²) in [6.45, 7) is 4.76. The van der Waals surface area contributed by atoms with E-state index in [2.05, 4.69) is 51.6 Å². The lowest BCUT2D eigenvalue weighted by Gasteiger charge is -2.40. The Labute approximate surface area is 194 Å². The molecule has 2 unspecified atom stereocenters. The Morgan fingerprint density at radius 2 is 2.21 bits per heavy atom. The summed E-state index contributed by atoms with van der Waals surface area (Å²) < 4.78 is 0. The van der Waals surface area contributed by atoms with E-state index in [1.807, 2.05) is 25.4 Å². The van der Waals surface area contributed by atoms with E-state index in [0.29, 0.717) is 18.5 Å². The fourth-order valence-corrected chi connectivity index (χ4v) is 4.71. The first-order valence-corrected chi connectivity index (χ1v) is 10.6. The monoisotopic (exact) mass is 533 g/mol. The third kappa shape index (κ3) is 6.30. The molecule has 8 heteroatoms. The van der Waals surface area contributed by atoms with Crippen molar-refractivity contribution in [3.8, 4) is 0 Å². The van der Waals surface area contributed by atoms with Crippen LogP contribution in [0.15, 0.2) is 35.5 Å². The van der Waals surface area contributed by atoms with Crippen molar-refractivity contribution in [1.82, 2.24) is 20.5 Å². The molecule has 1 aliphatic heterocycles. The number of rotatable bonds is 5. The number of likely N-dealkylation sites (tertiary alicyclic amines) is 1. The lowest BCUT2D eigenvalue weighted by Crippen LogP contribution is -2.44. The van der Waals surface area contributed by atoms with Gasteiger partial charge in [0, 0.05) is 35.7 Å². The molecule has 0 radical (unpaired) electrons. The fraction of sp³-hybridized carbons (Fsp3) is 0.500. The van der Waals surface area contributed by atoms with Crippen molar-refractivity contribution < 1.29 is 0 Å². The van der Waals surface area contributed by atoms with E-state index in [1.54, 1.807) is 11.3 Å². The Morgan fingerprint density at radius 1 is 1.39 bits per heavy atom. The summed E-state index contributed by atoms with van der Waals surface area (Å²) in [5.41, 5.74) is 1.29. The van der Waals surface area contributed by atoms with Crippen LogP contribution in [0.3, 0.4) is 0 Å². The predicted molar refractivity (Wildman–Crippen MR) is 130 cm³/mol. The van der Waals surface area contributed by atoms with Crippen molar-refractivity contribution in [3.05, 3.63) is 50.9 Å². The van der Waals surface area contributed by atoms with E-state index in [-0.39, 0.29) is 24.0 Å². The van der Waals surface area contributed by atoms with E-state index in [4.69, 9.17) is 11.6 Å². The molecule has 0 amide bonds.